The van der Waals surface area contributed by atoms with Gasteiger partial charge >= 0.3 is 5.97 Å². The molecule has 35 heavy (non-hydrogen) atoms. The lowest BCUT2D eigenvalue weighted by Gasteiger charge is -2.20. The molecule has 0 saturated heterocycles. The standard InChI is InChI=1S/C26H25NO8/c1-14-19(23(31)25(35-3)24(34-2)22(14)30)12-16-6-4-15(5-7-16)8-11-21(29)27-17-9-10-18(26(32)33)20(28)13-17/h4-7,9-10,13,28H,8,11-12H2,1-3H3,(H,27,29)(H,32,33). The monoisotopic (exact) mass is 479 g/mol. The molecule has 1 aliphatic carbocycles. The highest BCUT2D eigenvalue weighted by molar-refractivity contribution is 6.23. The van der Waals surface area contributed by atoms with Crippen molar-refractivity contribution < 1.29 is 38.9 Å². The second-order valence-corrected chi connectivity index (χ2v) is 7.91. The number of hydrogen-bond acceptors (Lipinski definition) is 7. The maximum absolute atomic E-state index is 12.8. The number of ether oxygens (including phenoxy) is 2. The van der Waals surface area contributed by atoms with Crippen LogP contribution in [-0.4, -0.2) is 47.9 Å². The fourth-order valence-corrected chi connectivity index (χ4v) is 3.70. The molecule has 0 unspecified atom stereocenters. The Morgan fingerprint density at radius 1 is 0.914 bits per heavy atom. The number of aromatic carboxylic acids is 1. The third kappa shape index (κ3) is 5.57. The van der Waals surface area contributed by atoms with Gasteiger partial charge in [-0.05, 0) is 36.6 Å². The molecule has 1 amide bonds. The number of aromatic hydroxyl groups is 1. The van der Waals surface area contributed by atoms with E-state index in [1.807, 2.05) is 24.3 Å². The van der Waals surface area contributed by atoms with E-state index in [2.05, 4.69) is 5.32 Å². The first kappa shape index (κ1) is 25.2. The highest BCUT2D eigenvalue weighted by Gasteiger charge is 2.34. The van der Waals surface area contributed by atoms with Crippen LogP contribution in [0.4, 0.5) is 5.69 Å². The van der Waals surface area contributed by atoms with Crippen LogP contribution in [0.5, 0.6) is 5.75 Å². The summed E-state index contributed by atoms with van der Waals surface area (Å²) in [6.07, 6.45) is 0.856. The van der Waals surface area contributed by atoms with Gasteiger partial charge in [0.15, 0.2) is 0 Å². The summed E-state index contributed by atoms with van der Waals surface area (Å²) in [4.78, 5) is 48.5. The van der Waals surface area contributed by atoms with E-state index in [0.29, 0.717) is 23.3 Å². The third-order valence-electron chi connectivity index (χ3n) is 5.65. The van der Waals surface area contributed by atoms with Crippen LogP contribution < -0.4 is 5.32 Å². The number of anilines is 1. The molecule has 0 fully saturated rings. The Morgan fingerprint density at radius 2 is 1.51 bits per heavy atom. The molecule has 0 spiro atoms. The molecular weight excluding hydrogens is 454 g/mol. The maximum Gasteiger partial charge on any atom is 0.339 e. The average Bonchev–Trinajstić information content (AvgIpc) is 2.83. The number of carboxylic acid groups (broad SMARTS) is 1. The van der Waals surface area contributed by atoms with E-state index in [9.17, 15) is 24.3 Å². The van der Waals surface area contributed by atoms with E-state index in [4.69, 9.17) is 14.6 Å². The van der Waals surface area contributed by atoms with Crippen molar-refractivity contribution in [3.8, 4) is 5.75 Å². The Bertz CT molecular complexity index is 1250. The minimum atomic E-state index is -1.26. The van der Waals surface area contributed by atoms with Crippen LogP contribution in [0.1, 0.15) is 34.8 Å². The Labute approximate surface area is 201 Å². The normalized spacial score (nSPS) is 13.7. The Kier molecular flexibility index (Phi) is 7.70. The number of nitrogens with one attached hydrogen (secondary N) is 1. The fourth-order valence-electron chi connectivity index (χ4n) is 3.70. The van der Waals surface area contributed by atoms with Crippen LogP contribution in [0.3, 0.4) is 0 Å². The molecule has 3 N–H and O–H groups in total. The number of benzene rings is 2. The smallest absolute Gasteiger partial charge is 0.339 e. The van der Waals surface area contributed by atoms with E-state index in [-0.39, 0.29) is 47.4 Å². The van der Waals surface area contributed by atoms with Crippen molar-refractivity contribution in [1.82, 2.24) is 0 Å². The number of amides is 1. The molecule has 0 heterocycles. The van der Waals surface area contributed by atoms with E-state index < -0.39 is 11.7 Å². The summed E-state index contributed by atoms with van der Waals surface area (Å²) in [5.41, 5.74) is 2.42. The van der Waals surface area contributed by atoms with Gasteiger partial charge in [0.05, 0.1) is 14.2 Å². The van der Waals surface area contributed by atoms with E-state index >= 15 is 0 Å². The predicted octanol–water partition coefficient (Wildman–Crippen LogP) is 3.18. The van der Waals surface area contributed by atoms with Crippen LogP contribution in [0.15, 0.2) is 65.1 Å². The highest BCUT2D eigenvalue weighted by atomic mass is 16.5. The number of methoxy groups -OCH3 is 2. The molecule has 182 valence electrons. The second kappa shape index (κ2) is 10.7. The average molecular weight is 479 g/mol. The molecule has 2 aromatic carbocycles. The topological polar surface area (TPSA) is 139 Å². The van der Waals surface area contributed by atoms with Crippen LogP contribution in [0, 0.1) is 0 Å². The Balaban J connectivity index is 1.61. The van der Waals surface area contributed by atoms with Gasteiger partial charge in [0.2, 0.25) is 29.0 Å². The van der Waals surface area contributed by atoms with E-state index in [1.165, 1.54) is 32.4 Å². The number of carbonyl (C=O) groups is 4. The van der Waals surface area contributed by atoms with Gasteiger partial charge in [0, 0.05) is 35.7 Å². The summed E-state index contributed by atoms with van der Waals surface area (Å²) in [5, 5.41) is 21.3. The zero-order chi connectivity index (χ0) is 25.7. The lowest BCUT2D eigenvalue weighted by atomic mass is 9.88. The molecule has 0 saturated carbocycles. The predicted molar refractivity (Wildman–Crippen MR) is 126 cm³/mol. The number of Topliss-reactive ketones (excluding diaryl/α,β-unsaturated/α-hetero) is 2. The van der Waals surface area contributed by atoms with Crippen molar-refractivity contribution in [2.45, 2.75) is 26.2 Å². The number of carbonyl (C=O) groups excluding carboxylic acids is 3. The third-order valence-corrected chi connectivity index (χ3v) is 5.65. The quantitative estimate of drug-likeness (QED) is 0.466. The number of phenols is 1. The zero-order valence-electron chi connectivity index (χ0n) is 19.5. The summed E-state index contributed by atoms with van der Waals surface area (Å²) in [6.45, 7) is 1.59. The first-order valence-electron chi connectivity index (χ1n) is 10.7. The fraction of sp³-hybridized carbons (Fsp3) is 0.231. The lowest BCUT2D eigenvalue weighted by molar-refractivity contribution is -0.121. The van der Waals surface area contributed by atoms with Crippen molar-refractivity contribution in [3.63, 3.8) is 0 Å². The summed E-state index contributed by atoms with van der Waals surface area (Å²) < 4.78 is 10.2. The number of rotatable bonds is 9. The molecule has 9 nitrogen and oxygen atoms in total. The Morgan fingerprint density at radius 3 is 2.09 bits per heavy atom. The molecule has 2 aromatic rings. The molecule has 0 aromatic heterocycles. The number of hydrogen-bond donors (Lipinski definition) is 3. The largest absolute Gasteiger partial charge is 0.507 e. The summed E-state index contributed by atoms with van der Waals surface area (Å²) in [6, 6.07) is 11.2. The molecule has 9 heteroatoms. The minimum Gasteiger partial charge on any atom is -0.507 e. The number of allylic oxidation sites excluding steroid dienone is 2. The molecule has 1 aliphatic rings. The van der Waals surface area contributed by atoms with Crippen molar-refractivity contribution in [2.75, 3.05) is 19.5 Å². The van der Waals surface area contributed by atoms with Crippen molar-refractivity contribution in [2.24, 2.45) is 0 Å². The van der Waals surface area contributed by atoms with Gasteiger partial charge in [-0.25, -0.2) is 4.79 Å². The van der Waals surface area contributed by atoms with Crippen molar-refractivity contribution in [1.29, 1.82) is 0 Å². The van der Waals surface area contributed by atoms with Gasteiger partial charge < -0.3 is 25.0 Å². The lowest BCUT2D eigenvalue weighted by Crippen LogP contribution is -2.26. The molecule has 0 aliphatic heterocycles. The van der Waals surface area contributed by atoms with Gasteiger partial charge in [0.1, 0.15) is 11.3 Å². The van der Waals surface area contributed by atoms with Crippen molar-refractivity contribution in [3.05, 3.63) is 81.8 Å². The van der Waals surface area contributed by atoms with Gasteiger partial charge in [-0.1, -0.05) is 24.3 Å². The summed E-state index contributed by atoms with van der Waals surface area (Å²) >= 11 is 0. The van der Waals surface area contributed by atoms with E-state index in [1.54, 1.807) is 6.92 Å². The van der Waals surface area contributed by atoms with Crippen LogP contribution >= 0.6 is 0 Å². The summed E-state index contributed by atoms with van der Waals surface area (Å²) in [7, 11) is 2.63. The highest BCUT2D eigenvalue weighted by Crippen LogP contribution is 2.28. The molecule has 3 rings (SSSR count). The van der Waals surface area contributed by atoms with Crippen molar-refractivity contribution >= 4 is 29.1 Å². The molecule has 0 atom stereocenters. The Hall–Kier alpha value is -4.40. The van der Waals surface area contributed by atoms with Crippen LogP contribution in [-0.2, 0) is 36.7 Å². The van der Waals surface area contributed by atoms with Gasteiger partial charge in [-0.2, -0.15) is 0 Å². The number of aryl methyl sites for hydroxylation is 1. The first-order valence-corrected chi connectivity index (χ1v) is 10.7. The minimum absolute atomic E-state index is 0.0968. The van der Waals surface area contributed by atoms with E-state index in [0.717, 1.165) is 11.1 Å². The molecule has 0 radical (unpaired) electrons. The second-order valence-electron chi connectivity index (χ2n) is 7.91. The number of ketones is 2. The maximum atomic E-state index is 12.8. The van der Waals surface area contributed by atoms with Gasteiger partial charge in [0.25, 0.3) is 0 Å². The number of carboxylic acids is 1. The van der Waals surface area contributed by atoms with Gasteiger partial charge in [-0.15, -0.1) is 0 Å². The molecule has 0 bridgehead atoms. The SMILES string of the molecule is COC1=C(OC)C(=O)C(Cc2ccc(CCC(=O)Nc3ccc(C(=O)O)c(O)c3)cc2)=C(C)C1=O. The molecular formula is C26H25NO8. The van der Waals surface area contributed by atoms with Gasteiger partial charge in [-0.3, -0.25) is 14.4 Å². The van der Waals surface area contributed by atoms with Crippen LogP contribution in [0.2, 0.25) is 0 Å². The summed E-state index contributed by atoms with van der Waals surface area (Å²) in [5.74, 6) is -2.95. The zero-order valence-corrected chi connectivity index (χ0v) is 19.5. The first-order chi connectivity index (χ1) is 16.7. The van der Waals surface area contributed by atoms with Crippen LogP contribution in [0.25, 0.3) is 0 Å².